The van der Waals surface area contributed by atoms with Gasteiger partial charge in [-0.2, -0.15) is 0 Å². The lowest BCUT2D eigenvalue weighted by Gasteiger charge is -2.18. The second-order valence-corrected chi connectivity index (χ2v) is 4.72. The van der Waals surface area contributed by atoms with Crippen LogP contribution in [0, 0.1) is 0 Å². The van der Waals surface area contributed by atoms with Gasteiger partial charge in [-0.1, -0.05) is 29.8 Å². The summed E-state index contributed by atoms with van der Waals surface area (Å²) in [5.41, 5.74) is 0.874. The van der Waals surface area contributed by atoms with E-state index in [9.17, 15) is 9.59 Å². The molecule has 0 unspecified atom stereocenters. The fraction of sp³-hybridized carbons (Fsp3) is 0.250. The van der Waals surface area contributed by atoms with Crippen LogP contribution >= 0.6 is 11.6 Å². The van der Waals surface area contributed by atoms with E-state index < -0.39 is 0 Å². The third-order valence-corrected chi connectivity index (χ3v) is 3.02. The zero-order valence-corrected chi connectivity index (χ0v) is 12.7. The molecule has 0 heterocycles. The van der Waals surface area contributed by atoms with Gasteiger partial charge in [0.1, 0.15) is 0 Å². The lowest BCUT2D eigenvalue weighted by atomic mass is 10.2. The van der Waals surface area contributed by atoms with Crippen molar-refractivity contribution in [3.8, 4) is 0 Å². The molecule has 0 aliphatic carbocycles. The second-order valence-electron chi connectivity index (χ2n) is 4.28. The summed E-state index contributed by atoms with van der Waals surface area (Å²) < 4.78 is 4.57. The Kier molecular flexibility index (Phi) is 7.26. The minimum Gasteiger partial charge on any atom is -0.469 e. The van der Waals surface area contributed by atoms with Crippen molar-refractivity contribution in [3.63, 3.8) is 0 Å². The van der Waals surface area contributed by atoms with Gasteiger partial charge in [-0.3, -0.25) is 9.59 Å². The van der Waals surface area contributed by atoms with Gasteiger partial charge >= 0.3 is 5.97 Å². The van der Waals surface area contributed by atoms with Gasteiger partial charge in [0.25, 0.3) is 0 Å². The minimum absolute atomic E-state index is 0.158. The highest BCUT2D eigenvalue weighted by Gasteiger charge is 2.11. The van der Waals surface area contributed by atoms with Gasteiger partial charge in [0, 0.05) is 24.2 Å². The smallest absolute Gasteiger partial charge is 0.307 e. The Labute approximate surface area is 129 Å². The molecule has 112 valence electrons. The van der Waals surface area contributed by atoms with E-state index in [0.717, 1.165) is 5.56 Å². The van der Waals surface area contributed by atoms with Crippen molar-refractivity contribution in [2.45, 2.75) is 6.42 Å². The fourth-order valence-corrected chi connectivity index (χ4v) is 1.75. The molecule has 0 aromatic heterocycles. The normalized spacial score (nSPS) is 10.4. The summed E-state index contributed by atoms with van der Waals surface area (Å²) >= 11 is 5.80. The first-order valence-corrected chi connectivity index (χ1v) is 6.85. The van der Waals surface area contributed by atoms with Crippen molar-refractivity contribution < 1.29 is 14.3 Å². The molecule has 0 radical (unpaired) electrons. The number of carbonyl (C=O) groups excluding carboxylic acids is 2. The SMILES string of the molecule is C=CCN(CCC(=O)OC)C(=O)/C=C/c1ccc(Cl)cc1. The van der Waals surface area contributed by atoms with Gasteiger partial charge in [0.15, 0.2) is 0 Å². The summed E-state index contributed by atoms with van der Waals surface area (Å²) in [7, 11) is 1.32. The molecule has 0 spiro atoms. The monoisotopic (exact) mass is 307 g/mol. The zero-order chi connectivity index (χ0) is 15.7. The van der Waals surface area contributed by atoms with Gasteiger partial charge in [0.2, 0.25) is 5.91 Å². The van der Waals surface area contributed by atoms with Crippen molar-refractivity contribution in [2.75, 3.05) is 20.2 Å². The van der Waals surface area contributed by atoms with Crippen LogP contribution in [0.4, 0.5) is 0 Å². The highest BCUT2D eigenvalue weighted by atomic mass is 35.5. The number of carbonyl (C=O) groups is 2. The highest BCUT2D eigenvalue weighted by molar-refractivity contribution is 6.30. The Morgan fingerprint density at radius 1 is 1.33 bits per heavy atom. The summed E-state index contributed by atoms with van der Waals surface area (Å²) in [4.78, 5) is 24.7. The lowest BCUT2D eigenvalue weighted by molar-refractivity contribution is -0.141. The van der Waals surface area contributed by atoms with Crippen molar-refractivity contribution in [2.24, 2.45) is 0 Å². The second kappa shape index (κ2) is 8.97. The fourth-order valence-electron chi connectivity index (χ4n) is 1.62. The number of hydrogen-bond donors (Lipinski definition) is 0. The quantitative estimate of drug-likeness (QED) is 0.442. The number of nitrogens with zero attached hydrogens (tertiary/aromatic N) is 1. The number of ether oxygens (including phenoxy) is 1. The first-order valence-electron chi connectivity index (χ1n) is 6.47. The summed E-state index contributed by atoms with van der Waals surface area (Å²) in [6.07, 6.45) is 4.94. The van der Waals surface area contributed by atoms with Crippen LogP contribution in [0.5, 0.6) is 0 Å². The van der Waals surface area contributed by atoms with Crippen LogP contribution in [-0.4, -0.2) is 37.0 Å². The molecule has 0 N–H and O–H groups in total. The zero-order valence-electron chi connectivity index (χ0n) is 11.9. The van der Waals surface area contributed by atoms with E-state index in [2.05, 4.69) is 11.3 Å². The van der Waals surface area contributed by atoms with E-state index in [1.54, 1.807) is 24.3 Å². The van der Waals surface area contributed by atoms with Gasteiger partial charge in [-0.05, 0) is 23.8 Å². The van der Waals surface area contributed by atoms with Crippen molar-refractivity contribution in [1.29, 1.82) is 0 Å². The summed E-state index contributed by atoms with van der Waals surface area (Å²) in [5, 5.41) is 0.643. The van der Waals surface area contributed by atoms with E-state index in [1.165, 1.54) is 18.1 Å². The molecule has 0 aliphatic rings. The van der Waals surface area contributed by atoms with Crippen molar-refractivity contribution in [1.82, 2.24) is 4.90 Å². The molecule has 0 fully saturated rings. The number of hydrogen-bond acceptors (Lipinski definition) is 3. The third-order valence-electron chi connectivity index (χ3n) is 2.76. The number of esters is 1. The van der Waals surface area contributed by atoms with Gasteiger partial charge in [0.05, 0.1) is 13.5 Å². The minimum atomic E-state index is -0.349. The largest absolute Gasteiger partial charge is 0.469 e. The summed E-state index contributed by atoms with van der Waals surface area (Å²) in [6.45, 7) is 4.28. The molecule has 1 amide bonds. The molecule has 0 atom stereocenters. The first-order chi connectivity index (χ1) is 10.1. The first kappa shape index (κ1) is 17.0. The molecule has 1 aromatic rings. The number of benzene rings is 1. The Balaban J connectivity index is 2.65. The Hall–Kier alpha value is -2.07. The Morgan fingerprint density at radius 3 is 2.57 bits per heavy atom. The van der Waals surface area contributed by atoms with Crippen LogP contribution < -0.4 is 0 Å². The maximum atomic E-state index is 12.1. The highest BCUT2D eigenvalue weighted by Crippen LogP contribution is 2.10. The number of amides is 1. The average molecular weight is 308 g/mol. The predicted octanol–water partition coefficient (Wildman–Crippen LogP) is 2.93. The van der Waals surface area contributed by atoms with Crippen molar-refractivity contribution in [3.05, 3.63) is 53.6 Å². The molecule has 21 heavy (non-hydrogen) atoms. The summed E-state index contributed by atoms with van der Waals surface area (Å²) in [5.74, 6) is -0.535. The van der Waals surface area contributed by atoms with E-state index in [-0.39, 0.29) is 18.3 Å². The van der Waals surface area contributed by atoms with Crippen LogP contribution in [0.15, 0.2) is 43.0 Å². The van der Waals surface area contributed by atoms with Gasteiger partial charge in [-0.25, -0.2) is 0 Å². The standard InChI is InChI=1S/C16H18ClNO3/c1-3-11-18(12-10-16(20)21-2)15(19)9-6-13-4-7-14(17)8-5-13/h3-9H,1,10-12H2,2H3/b9-6+. The van der Waals surface area contributed by atoms with Gasteiger partial charge in [-0.15, -0.1) is 6.58 Å². The van der Waals surface area contributed by atoms with E-state index >= 15 is 0 Å². The van der Waals surface area contributed by atoms with Crippen molar-refractivity contribution >= 4 is 29.6 Å². The summed E-state index contributed by atoms with van der Waals surface area (Å²) in [6, 6.07) is 7.14. The Morgan fingerprint density at radius 2 is 2.00 bits per heavy atom. The molecule has 0 aliphatic heterocycles. The van der Waals surface area contributed by atoms with E-state index in [0.29, 0.717) is 18.1 Å². The third kappa shape index (κ3) is 6.27. The molecule has 1 rings (SSSR count). The lowest BCUT2D eigenvalue weighted by Crippen LogP contribution is -2.32. The molecule has 0 saturated carbocycles. The Bertz CT molecular complexity index is 523. The number of methoxy groups -OCH3 is 1. The molecule has 4 nitrogen and oxygen atoms in total. The number of halogens is 1. The molecule has 1 aromatic carbocycles. The molecular weight excluding hydrogens is 290 g/mol. The maximum absolute atomic E-state index is 12.1. The van der Waals surface area contributed by atoms with Crippen LogP contribution in [0.25, 0.3) is 6.08 Å². The molecule has 5 heteroatoms. The molecular formula is C16H18ClNO3. The van der Waals surface area contributed by atoms with Crippen LogP contribution in [-0.2, 0) is 14.3 Å². The van der Waals surface area contributed by atoms with Crippen LogP contribution in [0.1, 0.15) is 12.0 Å². The maximum Gasteiger partial charge on any atom is 0.307 e. The van der Waals surface area contributed by atoms with Crippen LogP contribution in [0.3, 0.4) is 0 Å². The average Bonchev–Trinajstić information content (AvgIpc) is 2.50. The van der Waals surface area contributed by atoms with E-state index in [1.807, 2.05) is 12.1 Å². The van der Waals surface area contributed by atoms with Crippen LogP contribution in [0.2, 0.25) is 5.02 Å². The van der Waals surface area contributed by atoms with E-state index in [4.69, 9.17) is 11.6 Å². The molecule has 0 bridgehead atoms. The van der Waals surface area contributed by atoms with Gasteiger partial charge < -0.3 is 9.64 Å². The number of rotatable bonds is 7. The predicted molar refractivity (Wildman–Crippen MR) is 83.9 cm³/mol. The molecule has 0 saturated heterocycles. The topological polar surface area (TPSA) is 46.6 Å².